The summed E-state index contributed by atoms with van der Waals surface area (Å²) in [7, 11) is 1.57. The number of allylic oxidation sites excluding steroid dienone is 2. The van der Waals surface area contributed by atoms with Crippen molar-refractivity contribution in [1.82, 2.24) is 5.32 Å². The van der Waals surface area contributed by atoms with Gasteiger partial charge in [-0.3, -0.25) is 0 Å². The van der Waals surface area contributed by atoms with E-state index < -0.39 is 18.2 Å². The zero-order valence-electron chi connectivity index (χ0n) is 21.8. The van der Waals surface area contributed by atoms with Crippen molar-refractivity contribution in [2.45, 2.75) is 77.1 Å². The first-order valence-electron chi connectivity index (χ1n) is 12.5. The van der Waals surface area contributed by atoms with Crippen molar-refractivity contribution in [1.29, 1.82) is 0 Å². The van der Waals surface area contributed by atoms with Crippen molar-refractivity contribution < 1.29 is 33.3 Å². The second kappa shape index (κ2) is 13.5. The highest BCUT2D eigenvalue weighted by Gasteiger charge is 2.36. The van der Waals surface area contributed by atoms with Gasteiger partial charge in [0.1, 0.15) is 29.8 Å². The largest absolute Gasteiger partial charge is 0.513 e. The molecule has 0 amide bonds. The van der Waals surface area contributed by atoms with E-state index >= 15 is 0 Å². The average molecular weight is 520 g/mol. The molecule has 0 spiro atoms. The molecule has 0 aromatic heterocycles. The fraction of sp³-hybridized carbons (Fsp3) is 0.556. The Hall–Kier alpha value is -2.81. The number of rotatable bonds is 9. The van der Waals surface area contributed by atoms with Crippen molar-refractivity contribution in [2.75, 3.05) is 19.5 Å². The van der Waals surface area contributed by atoms with E-state index in [-0.39, 0.29) is 24.2 Å². The van der Waals surface area contributed by atoms with Gasteiger partial charge in [-0.2, -0.15) is 11.8 Å². The van der Waals surface area contributed by atoms with E-state index in [1.165, 1.54) is 32.1 Å². The maximum Gasteiger partial charge on any atom is 0.513 e. The zero-order chi connectivity index (χ0) is 26.1. The summed E-state index contributed by atoms with van der Waals surface area (Å²) in [6.45, 7) is 7.32. The molecular weight excluding hydrogens is 482 g/mol. The van der Waals surface area contributed by atoms with E-state index in [9.17, 15) is 9.59 Å². The van der Waals surface area contributed by atoms with Crippen molar-refractivity contribution in [3.63, 3.8) is 0 Å². The lowest BCUT2D eigenvalue weighted by molar-refractivity contribution is 0.0460. The molecule has 2 aliphatic rings. The fourth-order valence-electron chi connectivity index (χ4n) is 4.35. The zero-order valence-corrected chi connectivity index (χ0v) is 22.6. The lowest BCUT2D eigenvalue weighted by Gasteiger charge is -2.30. The van der Waals surface area contributed by atoms with Crippen LogP contribution < -0.4 is 10.1 Å². The van der Waals surface area contributed by atoms with Gasteiger partial charge < -0.3 is 29.0 Å². The minimum Gasteiger partial charge on any atom is -0.497 e. The van der Waals surface area contributed by atoms with Gasteiger partial charge in [-0.05, 0) is 58.2 Å². The Balaban J connectivity index is 1.75. The number of hydrogen-bond acceptors (Lipinski definition) is 9. The van der Waals surface area contributed by atoms with E-state index in [1.54, 1.807) is 34.8 Å². The van der Waals surface area contributed by atoms with E-state index in [4.69, 9.17) is 23.7 Å². The van der Waals surface area contributed by atoms with Gasteiger partial charge >= 0.3 is 12.3 Å². The molecule has 1 unspecified atom stereocenters. The van der Waals surface area contributed by atoms with Crippen LogP contribution in [0.1, 0.15) is 71.3 Å². The Morgan fingerprint density at radius 3 is 2.33 bits per heavy atom. The molecule has 198 valence electrons. The van der Waals surface area contributed by atoms with Gasteiger partial charge in [-0.25, -0.2) is 9.59 Å². The predicted octanol–water partition coefficient (Wildman–Crippen LogP) is 6.63. The van der Waals surface area contributed by atoms with Crippen molar-refractivity contribution in [3.05, 3.63) is 52.7 Å². The lowest BCUT2D eigenvalue weighted by Crippen LogP contribution is -2.29. The first-order valence-corrected chi connectivity index (χ1v) is 13.5. The number of benzene rings is 1. The van der Waals surface area contributed by atoms with Crippen LogP contribution in [0.15, 0.2) is 47.2 Å². The van der Waals surface area contributed by atoms with Crippen LogP contribution in [0.5, 0.6) is 5.75 Å². The topological polar surface area (TPSA) is 92.3 Å². The molecule has 1 aromatic rings. The third-order valence-electron chi connectivity index (χ3n) is 5.99. The summed E-state index contributed by atoms with van der Waals surface area (Å²) in [4.78, 5) is 25.1. The third kappa shape index (κ3) is 7.85. The van der Waals surface area contributed by atoms with Crippen LogP contribution in [0.2, 0.25) is 0 Å². The van der Waals surface area contributed by atoms with Crippen LogP contribution in [0.4, 0.5) is 9.59 Å². The second-order valence-corrected chi connectivity index (χ2v) is 10.6. The highest BCUT2D eigenvalue weighted by Crippen LogP contribution is 2.40. The molecule has 0 bridgehead atoms. The molecule has 1 N–H and O–H groups in total. The smallest absolute Gasteiger partial charge is 0.497 e. The minimum atomic E-state index is -0.838. The molecule has 36 heavy (non-hydrogen) atoms. The van der Waals surface area contributed by atoms with E-state index in [0.29, 0.717) is 22.4 Å². The van der Waals surface area contributed by atoms with Gasteiger partial charge in [0, 0.05) is 11.0 Å². The molecule has 8 nitrogen and oxygen atoms in total. The average Bonchev–Trinajstić information content (AvgIpc) is 2.85. The number of nitrogens with one attached hydrogen (secondary N) is 1. The summed E-state index contributed by atoms with van der Waals surface area (Å²) >= 11 is 1.85. The Morgan fingerprint density at radius 2 is 1.69 bits per heavy atom. The van der Waals surface area contributed by atoms with Gasteiger partial charge in [-0.1, -0.05) is 31.4 Å². The number of carbonyl (C=O) groups is 2. The second-order valence-electron chi connectivity index (χ2n) is 9.16. The van der Waals surface area contributed by atoms with Crippen LogP contribution in [-0.2, 0) is 18.9 Å². The van der Waals surface area contributed by atoms with Crippen molar-refractivity contribution >= 4 is 24.1 Å². The number of ether oxygens (including phenoxy) is 5. The number of hydrogen-bond donors (Lipinski definition) is 1. The first-order chi connectivity index (χ1) is 17.3. The summed E-state index contributed by atoms with van der Waals surface area (Å²) in [6.07, 6.45) is 4.32. The SMILES string of the molecule is COc1cccc(C2C(OC(=O)OCCSC3CCCCC3)=C(C)NC(C)=C2OC(=O)OC(C)C)c1. The van der Waals surface area contributed by atoms with Gasteiger partial charge in [-0.15, -0.1) is 0 Å². The lowest BCUT2D eigenvalue weighted by atomic mass is 9.90. The normalized spacial score (nSPS) is 18.6. The predicted molar refractivity (Wildman–Crippen MR) is 139 cm³/mol. The number of dihydropyridines is 1. The molecule has 1 aliphatic carbocycles. The van der Waals surface area contributed by atoms with Crippen molar-refractivity contribution in [2.24, 2.45) is 0 Å². The molecule has 3 rings (SSSR count). The van der Waals surface area contributed by atoms with E-state index in [2.05, 4.69) is 5.32 Å². The quantitative estimate of drug-likeness (QED) is 0.285. The molecule has 1 saturated carbocycles. The Morgan fingerprint density at radius 1 is 1.03 bits per heavy atom. The van der Waals surface area contributed by atoms with E-state index in [0.717, 1.165) is 11.3 Å². The molecule has 1 atom stereocenters. The summed E-state index contributed by atoms with van der Waals surface area (Å²) in [5.41, 5.74) is 1.93. The Bertz CT molecular complexity index is 982. The van der Waals surface area contributed by atoms with Crippen LogP contribution >= 0.6 is 11.8 Å². The molecule has 1 heterocycles. The van der Waals surface area contributed by atoms with Gasteiger partial charge in [0.25, 0.3) is 0 Å². The van der Waals surface area contributed by atoms with Gasteiger partial charge in [0.05, 0.1) is 24.6 Å². The number of thioether (sulfide) groups is 1. The first kappa shape index (κ1) is 27.8. The van der Waals surface area contributed by atoms with Crippen LogP contribution in [0, 0.1) is 0 Å². The highest BCUT2D eigenvalue weighted by atomic mass is 32.2. The van der Waals surface area contributed by atoms with Crippen LogP contribution in [-0.4, -0.2) is 43.1 Å². The van der Waals surface area contributed by atoms with Crippen LogP contribution in [0.25, 0.3) is 0 Å². The van der Waals surface area contributed by atoms with Gasteiger partial charge in [0.15, 0.2) is 0 Å². The van der Waals surface area contributed by atoms with Crippen LogP contribution in [0.3, 0.4) is 0 Å². The maximum atomic E-state index is 12.7. The Labute approximate surface area is 217 Å². The molecular formula is C27H37NO7S. The molecule has 9 heteroatoms. The monoisotopic (exact) mass is 519 g/mol. The van der Waals surface area contributed by atoms with E-state index in [1.807, 2.05) is 36.0 Å². The summed E-state index contributed by atoms with van der Waals surface area (Å²) in [6, 6.07) is 7.29. The molecule has 1 aromatic carbocycles. The molecule has 0 radical (unpaired) electrons. The van der Waals surface area contributed by atoms with Crippen molar-refractivity contribution in [3.8, 4) is 5.75 Å². The summed E-state index contributed by atoms with van der Waals surface area (Å²) in [5.74, 6) is 1.21. The third-order valence-corrected chi connectivity index (χ3v) is 7.34. The maximum absolute atomic E-state index is 12.7. The minimum absolute atomic E-state index is 0.266. The Kier molecular flexibility index (Phi) is 10.4. The standard InChI is InChI=1S/C27H37NO7S/c1-17(2)33-27(30)35-25-19(4)28-18(3)24(23(25)20-10-9-11-21(16-20)31-5)34-26(29)32-14-15-36-22-12-7-6-8-13-22/h9-11,16-17,22-23,28H,6-8,12-15H2,1-5H3. The fourth-order valence-corrected chi connectivity index (χ4v) is 5.53. The van der Waals surface area contributed by atoms with Gasteiger partial charge in [0.2, 0.25) is 0 Å². The highest BCUT2D eigenvalue weighted by molar-refractivity contribution is 7.99. The molecule has 1 fully saturated rings. The number of methoxy groups -OCH3 is 1. The summed E-state index contributed by atoms with van der Waals surface area (Å²) < 4.78 is 27.3. The molecule has 1 aliphatic heterocycles. The number of carbonyl (C=O) groups excluding carboxylic acids is 2. The summed E-state index contributed by atoms with van der Waals surface area (Å²) in [5, 5.41) is 3.78. The molecule has 0 saturated heterocycles.